The Bertz CT molecular complexity index is 841. The second kappa shape index (κ2) is 5.98. The van der Waals surface area contributed by atoms with Crippen LogP contribution in [0.1, 0.15) is 29.0 Å². The summed E-state index contributed by atoms with van der Waals surface area (Å²) in [5.74, 6) is -0.0544. The Kier molecular flexibility index (Phi) is 4.16. The normalized spacial score (nSPS) is 19.8. The van der Waals surface area contributed by atoms with E-state index < -0.39 is 10.0 Å². The number of hydrogen-bond acceptors (Lipinski definition) is 4. The molecule has 0 saturated carbocycles. The van der Waals surface area contributed by atoms with Crippen LogP contribution in [0.3, 0.4) is 0 Å². The Balaban J connectivity index is 1.72. The van der Waals surface area contributed by atoms with Crippen molar-refractivity contribution in [3.63, 3.8) is 0 Å². The number of hydrogen-bond donors (Lipinski definition) is 1. The molecule has 0 radical (unpaired) electrons. The molecule has 1 aliphatic heterocycles. The van der Waals surface area contributed by atoms with E-state index in [0.29, 0.717) is 18.7 Å². The highest BCUT2D eigenvalue weighted by atomic mass is 32.2. The summed E-state index contributed by atoms with van der Waals surface area (Å²) in [5.41, 5.74) is 1.77. The third kappa shape index (κ3) is 3.56. The maximum Gasteiger partial charge on any atom is 0.287 e. The van der Waals surface area contributed by atoms with E-state index in [2.05, 4.69) is 5.32 Å². The Morgan fingerprint density at radius 1 is 1.35 bits per heavy atom. The van der Waals surface area contributed by atoms with E-state index in [1.807, 2.05) is 25.1 Å². The fourth-order valence-corrected chi connectivity index (χ4v) is 3.80. The van der Waals surface area contributed by atoms with Gasteiger partial charge in [-0.2, -0.15) is 0 Å². The van der Waals surface area contributed by atoms with Crippen molar-refractivity contribution in [1.82, 2.24) is 9.62 Å². The number of nitrogens with zero attached hydrogens (tertiary/aromatic N) is 1. The molecule has 1 saturated heterocycles. The first-order valence-corrected chi connectivity index (χ1v) is 9.44. The van der Waals surface area contributed by atoms with Gasteiger partial charge in [0.1, 0.15) is 5.58 Å². The van der Waals surface area contributed by atoms with Gasteiger partial charge in [0.2, 0.25) is 10.0 Å². The molecule has 1 aliphatic rings. The van der Waals surface area contributed by atoms with Crippen LogP contribution < -0.4 is 5.32 Å². The summed E-state index contributed by atoms with van der Waals surface area (Å²) in [6.45, 7) is 2.80. The monoisotopic (exact) mass is 336 g/mol. The van der Waals surface area contributed by atoms with E-state index in [-0.39, 0.29) is 17.7 Å². The topological polar surface area (TPSA) is 79.6 Å². The molecule has 1 unspecified atom stereocenters. The maximum atomic E-state index is 12.4. The maximum absolute atomic E-state index is 12.4. The summed E-state index contributed by atoms with van der Waals surface area (Å²) >= 11 is 0. The minimum atomic E-state index is -3.23. The number of piperidine rings is 1. The van der Waals surface area contributed by atoms with Crippen molar-refractivity contribution in [2.75, 3.05) is 19.3 Å². The van der Waals surface area contributed by atoms with E-state index in [1.165, 1.54) is 10.6 Å². The summed E-state index contributed by atoms with van der Waals surface area (Å²) in [6.07, 6.45) is 2.69. The number of aryl methyl sites for hydroxylation is 1. The average molecular weight is 336 g/mol. The molecule has 124 valence electrons. The smallest absolute Gasteiger partial charge is 0.287 e. The SMILES string of the molecule is Cc1ccc2oc(C(=O)NC3CCCN(S(C)(=O)=O)C3)cc2c1. The van der Waals surface area contributed by atoms with E-state index in [9.17, 15) is 13.2 Å². The average Bonchev–Trinajstić information content (AvgIpc) is 2.90. The number of fused-ring (bicyclic) bond motifs is 1. The first-order valence-electron chi connectivity index (χ1n) is 7.59. The second-order valence-corrected chi connectivity index (χ2v) is 8.07. The lowest BCUT2D eigenvalue weighted by atomic mass is 10.1. The van der Waals surface area contributed by atoms with Crippen LogP contribution in [0.2, 0.25) is 0 Å². The summed E-state index contributed by atoms with van der Waals surface area (Å²) in [7, 11) is -3.23. The van der Waals surface area contributed by atoms with Crippen LogP contribution in [0.5, 0.6) is 0 Å². The molecule has 1 N–H and O–H groups in total. The third-order valence-corrected chi connectivity index (χ3v) is 5.35. The van der Waals surface area contributed by atoms with Crippen molar-refractivity contribution in [3.8, 4) is 0 Å². The van der Waals surface area contributed by atoms with Crippen molar-refractivity contribution in [2.24, 2.45) is 0 Å². The molecule has 3 rings (SSSR count). The fraction of sp³-hybridized carbons (Fsp3) is 0.438. The first-order chi connectivity index (χ1) is 10.8. The minimum absolute atomic E-state index is 0.194. The van der Waals surface area contributed by atoms with Crippen molar-refractivity contribution < 1.29 is 17.6 Å². The lowest BCUT2D eigenvalue weighted by Gasteiger charge is -2.31. The molecule has 1 aromatic carbocycles. The van der Waals surface area contributed by atoms with Gasteiger partial charge in [-0.15, -0.1) is 0 Å². The molecular weight excluding hydrogens is 316 g/mol. The molecule has 23 heavy (non-hydrogen) atoms. The first kappa shape index (κ1) is 16.0. The minimum Gasteiger partial charge on any atom is -0.451 e. The molecular formula is C16H20N2O4S. The van der Waals surface area contributed by atoms with Crippen LogP contribution in [0, 0.1) is 6.92 Å². The fourth-order valence-electron chi connectivity index (χ4n) is 2.89. The Hall–Kier alpha value is -1.86. The number of furan rings is 1. The summed E-state index contributed by atoms with van der Waals surface area (Å²) in [4.78, 5) is 12.4. The molecule has 2 aromatic rings. The van der Waals surface area contributed by atoms with Crippen molar-refractivity contribution in [2.45, 2.75) is 25.8 Å². The number of carbonyl (C=O) groups excluding carboxylic acids is 1. The highest BCUT2D eigenvalue weighted by Gasteiger charge is 2.27. The van der Waals surface area contributed by atoms with Gasteiger partial charge in [-0.3, -0.25) is 4.79 Å². The van der Waals surface area contributed by atoms with E-state index in [0.717, 1.165) is 23.8 Å². The van der Waals surface area contributed by atoms with Crippen LogP contribution in [-0.2, 0) is 10.0 Å². The number of sulfonamides is 1. The number of nitrogens with one attached hydrogen (secondary N) is 1. The van der Waals surface area contributed by atoms with Gasteiger partial charge in [-0.1, -0.05) is 11.6 Å². The zero-order valence-corrected chi connectivity index (χ0v) is 14.0. The van der Waals surface area contributed by atoms with Gasteiger partial charge < -0.3 is 9.73 Å². The molecule has 0 aliphatic carbocycles. The molecule has 7 heteroatoms. The van der Waals surface area contributed by atoms with E-state index >= 15 is 0 Å². The summed E-state index contributed by atoms with van der Waals surface area (Å²) < 4.78 is 30.2. The number of amides is 1. The quantitative estimate of drug-likeness (QED) is 0.928. The molecule has 6 nitrogen and oxygen atoms in total. The van der Waals surface area contributed by atoms with Gasteiger partial charge in [0.15, 0.2) is 5.76 Å². The van der Waals surface area contributed by atoms with Gasteiger partial charge in [0.05, 0.1) is 6.26 Å². The predicted molar refractivity (Wildman–Crippen MR) is 87.9 cm³/mol. The van der Waals surface area contributed by atoms with Crippen LogP contribution in [0.15, 0.2) is 28.7 Å². The van der Waals surface area contributed by atoms with Gasteiger partial charge >= 0.3 is 0 Å². The molecule has 0 bridgehead atoms. The highest BCUT2D eigenvalue weighted by molar-refractivity contribution is 7.88. The van der Waals surface area contributed by atoms with Crippen molar-refractivity contribution >= 4 is 26.9 Å². The molecule has 0 spiro atoms. The van der Waals surface area contributed by atoms with Crippen LogP contribution >= 0.6 is 0 Å². The van der Waals surface area contributed by atoms with Crippen LogP contribution in [-0.4, -0.2) is 44.0 Å². The van der Waals surface area contributed by atoms with Gasteiger partial charge in [0, 0.05) is 24.5 Å². The second-order valence-electron chi connectivity index (χ2n) is 6.09. The third-order valence-electron chi connectivity index (χ3n) is 4.08. The lowest BCUT2D eigenvalue weighted by Crippen LogP contribution is -2.49. The zero-order chi connectivity index (χ0) is 16.6. The van der Waals surface area contributed by atoms with E-state index in [1.54, 1.807) is 6.07 Å². The predicted octanol–water partition coefficient (Wildman–Crippen LogP) is 1.90. The van der Waals surface area contributed by atoms with Gasteiger partial charge in [-0.25, -0.2) is 12.7 Å². The number of rotatable bonds is 3. The molecule has 1 aromatic heterocycles. The van der Waals surface area contributed by atoms with Gasteiger partial charge in [0.25, 0.3) is 5.91 Å². The van der Waals surface area contributed by atoms with Crippen molar-refractivity contribution in [1.29, 1.82) is 0 Å². The number of carbonyl (C=O) groups is 1. The van der Waals surface area contributed by atoms with Gasteiger partial charge in [-0.05, 0) is 38.0 Å². The zero-order valence-electron chi connectivity index (χ0n) is 13.2. The number of benzene rings is 1. The van der Waals surface area contributed by atoms with Crippen molar-refractivity contribution in [3.05, 3.63) is 35.6 Å². The largest absolute Gasteiger partial charge is 0.451 e. The Labute approximate surface area is 135 Å². The summed E-state index contributed by atoms with van der Waals surface area (Å²) in [5, 5.41) is 3.76. The Morgan fingerprint density at radius 2 is 2.13 bits per heavy atom. The van der Waals surface area contributed by atoms with E-state index in [4.69, 9.17) is 4.42 Å². The van der Waals surface area contributed by atoms with Crippen LogP contribution in [0.25, 0.3) is 11.0 Å². The highest BCUT2D eigenvalue weighted by Crippen LogP contribution is 2.21. The standard InChI is InChI=1S/C16H20N2O4S/c1-11-5-6-14-12(8-11)9-15(22-14)16(19)17-13-4-3-7-18(10-13)23(2,20)21/h5-6,8-9,13H,3-4,7,10H2,1-2H3,(H,17,19). The molecule has 2 heterocycles. The summed E-state index contributed by atoms with van der Waals surface area (Å²) in [6, 6.07) is 7.25. The molecule has 1 fully saturated rings. The molecule has 1 atom stereocenters. The lowest BCUT2D eigenvalue weighted by molar-refractivity contribution is 0.0895. The Morgan fingerprint density at radius 3 is 2.87 bits per heavy atom. The van der Waals surface area contributed by atoms with Crippen LogP contribution in [0.4, 0.5) is 0 Å². The molecule has 1 amide bonds.